The first-order valence-corrected chi connectivity index (χ1v) is 7.41. The van der Waals surface area contributed by atoms with Crippen molar-refractivity contribution in [3.63, 3.8) is 0 Å². The molecule has 5 nitrogen and oxygen atoms in total. The third-order valence-corrected chi connectivity index (χ3v) is 3.71. The largest absolute Gasteiger partial charge is 0.504 e. The van der Waals surface area contributed by atoms with Crippen LogP contribution in [0.5, 0.6) is 11.5 Å². The third-order valence-electron chi connectivity index (χ3n) is 3.71. The van der Waals surface area contributed by atoms with Crippen molar-refractivity contribution in [1.82, 2.24) is 4.90 Å². The van der Waals surface area contributed by atoms with Gasteiger partial charge in [-0.3, -0.25) is 4.79 Å². The van der Waals surface area contributed by atoms with Gasteiger partial charge in [-0.05, 0) is 23.3 Å². The number of hydrogen-bond acceptors (Lipinski definition) is 4. The number of methoxy groups -OCH3 is 1. The number of phenols is 1. The molecular weight excluding hydrogens is 292 g/mol. The Morgan fingerprint density at radius 3 is 2.57 bits per heavy atom. The Morgan fingerprint density at radius 2 is 1.96 bits per heavy atom. The lowest BCUT2D eigenvalue weighted by Crippen LogP contribution is -2.29. The van der Waals surface area contributed by atoms with Gasteiger partial charge in [-0.25, -0.2) is 0 Å². The lowest BCUT2D eigenvalue weighted by atomic mass is 10.0. The first kappa shape index (κ1) is 16.8. The fraction of sp³-hybridized carbons (Fsp3) is 0.278. The van der Waals surface area contributed by atoms with Crippen LogP contribution in [0, 0.1) is 0 Å². The predicted molar refractivity (Wildman–Crippen MR) is 89.1 cm³/mol. The number of rotatable bonds is 6. The summed E-state index contributed by atoms with van der Waals surface area (Å²) >= 11 is 0. The standard InChI is InChI=1S/C18H22N2O3/c1-20(12-13-8-9-17(23-2)16(21)10-13)18(22)11-15(19)14-6-4-3-5-7-14/h3-10,15,21H,11-12,19H2,1-2H3. The SMILES string of the molecule is COc1ccc(CN(C)C(=O)CC(N)c2ccccc2)cc1O. The molecule has 3 N–H and O–H groups in total. The number of phenolic OH excluding ortho intramolecular Hbond substituents is 1. The molecule has 5 heteroatoms. The van der Waals surface area contributed by atoms with Crippen LogP contribution in [-0.2, 0) is 11.3 Å². The van der Waals surface area contributed by atoms with Gasteiger partial charge in [0.1, 0.15) is 0 Å². The summed E-state index contributed by atoms with van der Waals surface area (Å²) in [6.45, 7) is 0.401. The van der Waals surface area contributed by atoms with Gasteiger partial charge in [-0.15, -0.1) is 0 Å². The van der Waals surface area contributed by atoms with Crippen molar-refractivity contribution >= 4 is 5.91 Å². The van der Waals surface area contributed by atoms with E-state index in [2.05, 4.69) is 0 Å². The van der Waals surface area contributed by atoms with E-state index in [0.29, 0.717) is 12.3 Å². The summed E-state index contributed by atoms with van der Waals surface area (Å²) in [5.41, 5.74) is 7.85. The smallest absolute Gasteiger partial charge is 0.224 e. The van der Waals surface area contributed by atoms with E-state index in [1.165, 1.54) is 7.11 Å². The number of ether oxygens (including phenoxy) is 1. The van der Waals surface area contributed by atoms with Gasteiger partial charge < -0.3 is 20.5 Å². The van der Waals surface area contributed by atoms with Crippen molar-refractivity contribution in [1.29, 1.82) is 0 Å². The lowest BCUT2D eigenvalue weighted by molar-refractivity contribution is -0.130. The number of nitrogens with zero attached hydrogens (tertiary/aromatic N) is 1. The number of benzene rings is 2. The van der Waals surface area contributed by atoms with E-state index < -0.39 is 0 Å². The van der Waals surface area contributed by atoms with E-state index >= 15 is 0 Å². The molecule has 0 radical (unpaired) electrons. The maximum atomic E-state index is 12.3. The minimum atomic E-state index is -0.324. The highest BCUT2D eigenvalue weighted by molar-refractivity contribution is 5.76. The summed E-state index contributed by atoms with van der Waals surface area (Å²) in [4.78, 5) is 13.9. The fourth-order valence-corrected chi connectivity index (χ4v) is 2.36. The maximum absolute atomic E-state index is 12.3. The topological polar surface area (TPSA) is 75.8 Å². The second-order valence-electron chi connectivity index (χ2n) is 5.48. The molecule has 0 aliphatic rings. The van der Waals surface area contributed by atoms with Gasteiger partial charge in [-0.2, -0.15) is 0 Å². The van der Waals surface area contributed by atoms with E-state index in [9.17, 15) is 9.90 Å². The van der Waals surface area contributed by atoms with Gasteiger partial charge in [0, 0.05) is 26.1 Å². The van der Waals surface area contributed by atoms with Crippen LogP contribution in [0.2, 0.25) is 0 Å². The minimum Gasteiger partial charge on any atom is -0.504 e. The molecule has 0 aliphatic carbocycles. The molecular formula is C18H22N2O3. The van der Waals surface area contributed by atoms with Crippen LogP contribution in [0.3, 0.4) is 0 Å². The molecule has 0 aromatic heterocycles. The molecule has 0 aliphatic heterocycles. The molecule has 1 unspecified atom stereocenters. The lowest BCUT2D eigenvalue weighted by Gasteiger charge is -2.20. The quantitative estimate of drug-likeness (QED) is 0.859. The summed E-state index contributed by atoms with van der Waals surface area (Å²) < 4.78 is 5.01. The Hall–Kier alpha value is -2.53. The molecule has 0 heterocycles. The van der Waals surface area contributed by atoms with Crippen molar-refractivity contribution in [3.05, 3.63) is 59.7 Å². The highest BCUT2D eigenvalue weighted by Gasteiger charge is 2.16. The Bertz CT molecular complexity index is 659. The second-order valence-corrected chi connectivity index (χ2v) is 5.48. The molecule has 2 rings (SSSR count). The normalized spacial score (nSPS) is 11.8. The molecule has 0 saturated heterocycles. The molecule has 0 bridgehead atoms. The van der Waals surface area contributed by atoms with E-state index in [-0.39, 0.29) is 24.1 Å². The molecule has 1 amide bonds. The second kappa shape index (κ2) is 7.65. The minimum absolute atomic E-state index is 0.0448. The molecule has 0 spiro atoms. The molecule has 2 aromatic carbocycles. The Kier molecular flexibility index (Phi) is 5.60. The molecule has 0 fully saturated rings. The van der Waals surface area contributed by atoms with Crippen LogP contribution < -0.4 is 10.5 Å². The van der Waals surface area contributed by atoms with Crippen LogP contribution in [0.25, 0.3) is 0 Å². The van der Waals surface area contributed by atoms with E-state index in [1.807, 2.05) is 36.4 Å². The highest BCUT2D eigenvalue weighted by atomic mass is 16.5. The summed E-state index contributed by atoms with van der Waals surface area (Å²) in [6.07, 6.45) is 0.239. The van der Waals surface area contributed by atoms with Gasteiger partial charge >= 0.3 is 0 Å². The predicted octanol–water partition coefficient (Wildman–Crippen LogP) is 2.45. The van der Waals surface area contributed by atoms with E-state index in [0.717, 1.165) is 11.1 Å². The zero-order chi connectivity index (χ0) is 16.8. The summed E-state index contributed by atoms with van der Waals surface area (Å²) in [7, 11) is 3.22. The van der Waals surface area contributed by atoms with Crippen molar-refractivity contribution in [2.45, 2.75) is 19.0 Å². The fourth-order valence-electron chi connectivity index (χ4n) is 2.36. The van der Waals surface area contributed by atoms with Gasteiger partial charge in [-0.1, -0.05) is 36.4 Å². The van der Waals surface area contributed by atoms with Crippen LogP contribution >= 0.6 is 0 Å². The van der Waals surface area contributed by atoms with Crippen LogP contribution in [0.15, 0.2) is 48.5 Å². The number of nitrogens with two attached hydrogens (primary N) is 1. The monoisotopic (exact) mass is 314 g/mol. The third kappa shape index (κ3) is 4.47. The van der Waals surface area contributed by atoms with Crippen molar-refractivity contribution in [2.75, 3.05) is 14.2 Å². The summed E-state index contributed by atoms with van der Waals surface area (Å²) in [6, 6.07) is 14.3. The van der Waals surface area contributed by atoms with Gasteiger partial charge in [0.2, 0.25) is 5.91 Å². The summed E-state index contributed by atoms with van der Waals surface area (Å²) in [5, 5.41) is 9.79. The average molecular weight is 314 g/mol. The number of hydrogen-bond donors (Lipinski definition) is 2. The molecule has 1 atom stereocenters. The zero-order valence-electron chi connectivity index (χ0n) is 13.4. The van der Waals surface area contributed by atoms with E-state index in [1.54, 1.807) is 24.1 Å². The Balaban J connectivity index is 1.96. The van der Waals surface area contributed by atoms with Crippen molar-refractivity contribution < 1.29 is 14.6 Å². The maximum Gasteiger partial charge on any atom is 0.224 e. The molecule has 2 aromatic rings. The number of carbonyl (C=O) groups is 1. The molecule has 122 valence electrons. The molecule has 0 saturated carbocycles. The Morgan fingerprint density at radius 1 is 1.26 bits per heavy atom. The van der Waals surface area contributed by atoms with Crippen molar-refractivity contribution in [2.24, 2.45) is 5.73 Å². The van der Waals surface area contributed by atoms with Crippen LogP contribution in [0.4, 0.5) is 0 Å². The van der Waals surface area contributed by atoms with Crippen molar-refractivity contribution in [3.8, 4) is 11.5 Å². The first-order chi connectivity index (χ1) is 11.0. The van der Waals surface area contributed by atoms with Gasteiger partial charge in [0.25, 0.3) is 0 Å². The highest BCUT2D eigenvalue weighted by Crippen LogP contribution is 2.26. The zero-order valence-corrected chi connectivity index (χ0v) is 13.4. The van der Waals surface area contributed by atoms with Gasteiger partial charge in [0.05, 0.1) is 7.11 Å². The number of amides is 1. The summed E-state index contributed by atoms with van der Waals surface area (Å²) in [5.74, 6) is 0.428. The van der Waals surface area contributed by atoms with Crippen LogP contribution in [-0.4, -0.2) is 30.1 Å². The Labute approximate surface area is 136 Å². The average Bonchev–Trinajstić information content (AvgIpc) is 2.55. The van der Waals surface area contributed by atoms with Crippen LogP contribution in [0.1, 0.15) is 23.6 Å². The number of aromatic hydroxyl groups is 1. The van der Waals surface area contributed by atoms with Gasteiger partial charge in [0.15, 0.2) is 11.5 Å². The first-order valence-electron chi connectivity index (χ1n) is 7.41. The molecule has 23 heavy (non-hydrogen) atoms. The van der Waals surface area contributed by atoms with E-state index in [4.69, 9.17) is 10.5 Å². The number of carbonyl (C=O) groups excluding carboxylic acids is 1.